The molecular formula is C11H17N. The molecule has 6 atom stereocenters. The van der Waals surface area contributed by atoms with Gasteiger partial charge in [0.25, 0.3) is 0 Å². The third-order valence-electron chi connectivity index (χ3n) is 5.21. The molecule has 6 unspecified atom stereocenters. The molecule has 3 aliphatic carbocycles. The Morgan fingerprint density at radius 3 is 2.83 bits per heavy atom. The maximum Gasteiger partial charge on any atom is 0.0132 e. The molecular weight excluding hydrogens is 146 g/mol. The van der Waals surface area contributed by atoms with Crippen LogP contribution >= 0.6 is 0 Å². The molecule has 1 nitrogen and oxygen atoms in total. The van der Waals surface area contributed by atoms with Gasteiger partial charge < -0.3 is 5.32 Å². The maximum atomic E-state index is 3.88. The van der Waals surface area contributed by atoms with Gasteiger partial charge >= 0.3 is 0 Å². The Bertz CT molecular complexity index is 219. The lowest BCUT2D eigenvalue weighted by molar-refractivity contribution is 0.0903. The smallest absolute Gasteiger partial charge is 0.0132 e. The summed E-state index contributed by atoms with van der Waals surface area (Å²) in [6.45, 7) is 0. The maximum absolute atomic E-state index is 3.88. The summed E-state index contributed by atoms with van der Waals surface area (Å²) in [4.78, 5) is 0. The van der Waals surface area contributed by atoms with Gasteiger partial charge in [-0.1, -0.05) is 6.42 Å². The van der Waals surface area contributed by atoms with Gasteiger partial charge in [0, 0.05) is 12.1 Å². The van der Waals surface area contributed by atoms with Crippen molar-refractivity contribution in [1.29, 1.82) is 0 Å². The summed E-state index contributed by atoms with van der Waals surface area (Å²) in [6, 6.07) is 1.93. The van der Waals surface area contributed by atoms with E-state index in [1.165, 1.54) is 19.3 Å². The van der Waals surface area contributed by atoms with Crippen molar-refractivity contribution < 1.29 is 0 Å². The van der Waals surface area contributed by atoms with Crippen molar-refractivity contribution in [3.05, 3.63) is 0 Å². The van der Waals surface area contributed by atoms with Crippen molar-refractivity contribution >= 4 is 0 Å². The summed E-state index contributed by atoms with van der Waals surface area (Å²) in [6.07, 6.45) is 7.74. The lowest BCUT2D eigenvalue weighted by atomic mass is 9.64. The van der Waals surface area contributed by atoms with E-state index in [0.717, 1.165) is 35.8 Å². The van der Waals surface area contributed by atoms with Crippen molar-refractivity contribution in [2.45, 2.75) is 44.2 Å². The van der Waals surface area contributed by atoms with Gasteiger partial charge in [-0.25, -0.2) is 0 Å². The summed E-state index contributed by atoms with van der Waals surface area (Å²) in [5.41, 5.74) is 0. The third-order valence-corrected chi connectivity index (χ3v) is 5.21. The molecule has 0 amide bonds. The molecule has 0 aromatic carbocycles. The van der Waals surface area contributed by atoms with Crippen LogP contribution in [0.4, 0.5) is 0 Å². The minimum absolute atomic E-state index is 0.958. The van der Waals surface area contributed by atoms with Crippen molar-refractivity contribution in [3.8, 4) is 0 Å². The number of hydrogen-bond acceptors (Lipinski definition) is 1. The summed E-state index contributed by atoms with van der Waals surface area (Å²) in [7, 11) is 0. The fraction of sp³-hybridized carbons (Fsp3) is 1.00. The van der Waals surface area contributed by atoms with Crippen molar-refractivity contribution in [3.63, 3.8) is 0 Å². The van der Waals surface area contributed by atoms with Gasteiger partial charge in [0.1, 0.15) is 0 Å². The predicted molar refractivity (Wildman–Crippen MR) is 47.8 cm³/mol. The second-order valence-corrected chi connectivity index (χ2v) is 5.45. The number of nitrogens with one attached hydrogen (secondary N) is 1. The van der Waals surface area contributed by atoms with E-state index >= 15 is 0 Å². The fourth-order valence-electron chi connectivity index (χ4n) is 4.90. The Hall–Kier alpha value is -0.0400. The normalized spacial score (nSPS) is 66.0. The first kappa shape index (κ1) is 6.42. The van der Waals surface area contributed by atoms with Crippen molar-refractivity contribution in [2.75, 3.05) is 0 Å². The Labute approximate surface area is 73.9 Å². The average molecular weight is 163 g/mol. The highest BCUT2D eigenvalue weighted by Crippen LogP contribution is 2.58. The second-order valence-electron chi connectivity index (χ2n) is 5.45. The standard InChI is InChI=1S/C11H17N/c1-2-7-6-4-9-8(3-1)11(7)12-10(9)5-6/h6-12H,1-5H2. The molecule has 5 rings (SSSR count). The molecule has 12 heavy (non-hydrogen) atoms. The van der Waals surface area contributed by atoms with Crippen LogP contribution in [0.15, 0.2) is 0 Å². The van der Waals surface area contributed by atoms with Gasteiger partial charge in [-0.15, -0.1) is 0 Å². The molecule has 66 valence electrons. The quantitative estimate of drug-likeness (QED) is 0.574. The summed E-state index contributed by atoms with van der Waals surface area (Å²) in [5.74, 6) is 4.45. The zero-order valence-electron chi connectivity index (χ0n) is 7.50. The molecule has 5 fully saturated rings. The lowest BCUT2D eigenvalue weighted by Gasteiger charge is -2.44. The van der Waals surface area contributed by atoms with Gasteiger partial charge in [0.05, 0.1) is 0 Å². The topological polar surface area (TPSA) is 12.0 Å². The first-order valence-electron chi connectivity index (χ1n) is 5.69. The molecule has 0 radical (unpaired) electrons. The van der Waals surface area contributed by atoms with Crippen LogP contribution in [0.3, 0.4) is 0 Å². The van der Waals surface area contributed by atoms with Gasteiger partial charge in [0.2, 0.25) is 0 Å². The van der Waals surface area contributed by atoms with Gasteiger partial charge in [-0.2, -0.15) is 0 Å². The fourth-order valence-corrected chi connectivity index (χ4v) is 4.90. The molecule has 2 saturated heterocycles. The van der Waals surface area contributed by atoms with E-state index < -0.39 is 0 Å². The van der Waals surface area contributed by atoms with Crippen molar-refractivity contribution in [2.24, 2.45) is 23.7 Å². The highest BCUT2D eigenvalue weighted by molar-refractivity contribution is 5.13. The number of hydrogen-bond donors (Lipinski definition) is 1. The third kappa shape index (κ3) is 0.555. The predicted octanol–water partition coefficient (Wildman–Crippen LogP) is 1.78. The molecule has 0 aromatic heterocycles. The Balaban J connectivity index is 1.83. The lowest BCUT2D eigenvalue weighted by Crippen LogP contribution is -2.48. The van der Waals surface area contributed by atoms with Crippen LogP contribution in [0.2, 0.25) is 0 Å². The zero-order valence-corrected chi connectivity index (χ0v) is 7.50. The van der Waals surface area contributed by atoms with Crippen molar-refractivity contribution in [1.82, 2.24) is 5.32 Å². The molecule has 2 aliphatic heterocycles. The molecule has 2 heterocycles. The summed E-state index contributed by atoms with van der Waals surface area (Å²) in [5, 5.41) is 3.88. The van der Waals surface area contributed by atoms with Crippen LogP contribution in [0.1, 0.15) is 32.1 Å². The minimum atomic E-state index is 0.958. The van der Waals surface area contributed by atoms with Crippen LogP contribution in [0, 0.1) is 23.7 Å². The van der Waals surface area contributed by atoms with Crippen LogP contribution in [0.5, 0.6) is 0 Å². The van der Waals surface area contributed by atoms with E-state index in [0.29, 0.717) is 0 Å². The first-order valence-corrected chi connectivity index (χ1v) is 5.69. The number of piperidine rings is 1. The molecule has 3 saturated carbocycles. The highest BCUT2D eigenvalue weighted by Gasteiger charge is 2.58. The van der Waals surface area contributed by atoms with Crippen LogP contribution < -0.4 is 5.32 Å². The van der Waals surface area contributed by atoms with Crippen LogP contribution in [-0.4, -0.2) is 12.1 Å². The van der Waals surface area contributed by atoms with Crippen LogP contribution in [-0.2, 0) is 0 Å². The number of rotatable bonds is 0. The van der Waals surface area contributed by atoms with E-state index in [9.17, 15) is 0 Å². The summed E-state index contributed by atoms with van der Waals surface area (Å²) < 4.78 is 0. The molecule has 1 heteroatoms. The summed E-state index contributed by atoms with van der Waals surface area (Å²) >= 11 is 0. The minimum Gasteiger partial charge on any atom is -0.310 e. The highest BCUT2D eigenvalue weighted by atomic mass is 15.1. The van der Waals surface area contributed by atoms with Crippen LogP contribution in [0.25, 0.3) is 0 Å². The monoisotopic (exact) mass is 163 g/mol. The molecule has 1 N–H and O–H groups in total. The molecule has 0 spiro atoms. The Morgan fingerprint density at radius 2 is 1.83 bits per heavy atom. The van der Waals surface area contributed by atoms with Gasteiger partial charge in [-0.05, 0) is 49.4 Å². The second kappa shape index (κ2) is 1.89. The SMILES string of the molecule is C1CC2C3CC4NC2C(C1)C4C3. The Morgan fingerprint density at radius 1 is 0.917 bits per heavy atom. The van der Waals surface area contributed by atoms with E-state index in [1.54, 1.807) is 12.8 Å². The van der Waals surface area contributed by atoms with Gasteiger partial charge in [-0.3, -0.25) is 0 Å². The van der Waals surface area contributed by atoms with E-state index in [2.05, 4.69) is 5.32 Å². The molecule has 6 bridgehead atoms. The molecule has 5 aliphatic rings. The van der Waals surface area contributed by atoms with E-state index in [4.69, 9.17) is 0 Å². The molecule has 0 aromatic rings. The zero-order chi connectivity index (χ0) is 7.71. The van der Waals surface area contributed by atoms with Gasteiger partial charge in [0.15, 0.2) is 0 Å². The average Bonchev–Trinajstić information content (AvgIpc) is 2.54. The van der Waals surface area contributed by atoms with E-state index in [-0.39, 0.29) is 0 Å². The first-order chi connectivity index (χ1) is 5.93. The largest absolute Gasteiger partial charge is 0.310 e. The Kier molecular flexibility index (Phi) is 1.01. The van der Waals surface area contributed by atoms with E-state index in [1.807, 2.05) is 0 Å².